The van der Waals surface area contributed by atoms with Crippen LogP contribution in [0.2, 0.25) is 5.02 Å². The second-order valence-corrected chi connectivity index (χ2v) is 10.4. The molecule has 2 aromatic heterocycles. The van der Waals surface area contributed by atoms with Crippen LogP contribution in [0.1, 0.15) is 44.8 Å². The minimum atomic E-state index is -0.823. The van der Waals surface area contributed by atoms with Gasteiger partial charge in [-0.05, 0) is 36.2 Å². The molecule has 12 heteroatoms. The van der Waals surface area contributed by atoms with E-state index < -0.39 is 11.9 Å². The van der Waals surface area contributed by atoms with Gasteiger partial charge in [0.2, 0.25) is 5.91 Å². The van der Waals surface area contributed by atoms with Crippen LogP contribution in [0.3, 0.4) is 0 Å². The van der Waals surface area contributed by atoms with Crippen molar-refractivity contribution in [2.75, 3.05) is 19.7 Å². The van der Waals surface area contributed by atoms with E-state index in [-0.39, 0.29) is 18.4 Å². The van der Waals surface area contributed by atoms with E-state index in [0.29, 0.717) is 73.1 Å². The zero-order chi connectivity index (χ0) is 29.3. The predicted octanol–water partition coefficient (Wildman–Crippen LogP) is 3.23. The molecule has 2 aliphatic heterocycles. The molecule has 42 heavy (non-hydrogen) atoms. The summed E-state index contributed by atoms with van der Waals surface area (Å²) in [7, 11) is 0. The van der Waals surface area contributed by atoms with E-state index in [1.54, 1.807) is 40.2 Å². The van der Waals surface area contributed by atoms with Gasteiger partial charge < -0.3 is 25.3 Å². The van der Waals surface area contributed by atoms with E-state index in [0.717, 1.165) is 5.56 Å². The number of aryl methyl sites for hydroxylation is 1. The molecule has 11 nitrogen and oxygen atoms in total. The minimum Gasteiger partial charge on any atom is -0.492 e. The number of rotatable bonds is 3. The number of benzene rings is 2. The molecule has 4 aromatic rings. The monoisotopic (exact) mass is 589 g/mol. The molecular formula is C30H32ClN7O4. The molecule has 0 unspecified atom stereocenters. The second-order valence-electron chi connectivity index (χ2n) is 10.0. The van der Waals surface area contributed by atoms with E-state index in [9.17, 15) is 14.4 Å². The van der Waals surface area contributed by atoms with Gasteiger partial charge in [-0.1, -0.05) is 47.1 Å². The lowest BCUT2D eigenvalue weighted by molar-refractivity contribution is -0.122. The summed E-state index contributed by atoms with van der Waals surface area (Å²) in [4.78, 5) is 44.3. The summed E-state index contributed by atoms with van der Waals surface area (Å²) in [5, 5.41) is 14.5. The zero-order valence-corrected chi connectivity index (χ0v) is 23.7. The number of ether oxygens (including phenoxy) is 1. The topological polar surface area (TPSA) is 134 Å². The highest BCUT2D eigenvalue weighted by Crippen LogP contribution is 2.26. The highest BCUT2D eigenvalue weighted by atomic mass is 35.5. The van der Waals surface area contributed by atoms with Gasteiger partial charge >= 0.3 is 0 Å². The standard InChI is InChI=1S/C30H32ClN7O4/c31-25-17-22-8-9-27(25)42-15-5-14-38-20-24(35-36-38)19-37(30(41)23-10-12-32-18-23)13-4-11-33-29(40)26(34-28(22)39)16-21-6-2-1-3-7-21/h1-3,6-10,12,17-18,20,26,32H,4-5,11,13-16,19H2,(H,33,40)(H,34,39)/t26-/m0/s1. The summed E-state index contributed by atoms with van der Waals surface area (Å²) < 4.78 is 7.54. The molecule has 0 fully saturated rings. The fourth-order valence-electron chi connectivity index (χ4n) is 4.68. The number of halogens is 1. The van der Waals surface area contributed by atoms with Crippen LogP contribution in [0.4, 0.5) is 0 Å². The predicted molar refractivity (Wildman–Crippen MR) is 156 cm³/mol. The number of aromatic nitrogens is 4. The van der Waals surface area contributed by atoms with Gasteiger partial charge in [-0.2, -0.15) is 0 Å². The number of carbonyl (C=O) groups excluding carboxylic acids is 3. The number of H-pyrrole nitrogens is 1. The molecule has 0 aliphatic carbocycles. The Labute approximate surface area is 248 Å². The molecule has 0 radical (unpaired) electrons. The van der Waals surface area contributed by atoms with Crippen molar-refractivity contribution in [3.8, 4) is 5.75 Å². The molecule has 0 spiro atoms. The summed E-state index contributed by atoms with van der Waals surface area (Å²) in [5.74, 6) is -0.443. The van der Waals surface area contributed by atoms with Crippen molar-refractivity contribution in [1.29, 1.82) is 0 Å². The number of hydrogen-bond donors (Lipinski definition) is 3. The maximum Gasteiger partial charge on any atom is 0.255 e. The van der Waals surface area contributed by atoms with Crippen LogP contribution in [-0.2, 0) is 24.3 Å². The van der Waals surface area contributed by atoms with Crippen molar-refractivity contribution in [2.45, 2.75) is 38.4 Å². The number of aromatic amines is 1. The normalized spacial score (nSPS) is 17.1. The molecule has 2 aromatic carbocycles. The maximum absolute atomic E-state index is 13.3. The Kier molecular flexibility index (Phi) is 9.50. The van der Waals surface area contributed by atoms with Gasteiger partial charge in [0.25, 0.3) is 11.8 Å². The molecule has 3 amide bonds. The van der Waals surface area contributed by atoms with Crippen molar-refractivity contribution in [3.63, 3.8) is 0 Å². The average molecular weight is 590 g/mol. The van der Waals surface area contributed by atoms with Crippen molar-refractivity contribution in [1.82, 2.24) is 35.5 Å². The smallest absolute Gasteiger partial charge is 0.255 e. The molecular weight excluding hydrogens is 558 g/mol. The molecule has 218 valence electrons. The quantitative estimate of drug-likeness (QED) is 0.336. The lowest BCUT2D eigenvalue weighted by Crippen LogP contribution is -2.48. The van der Waals surface area contributed by atoms with E-state index in [2.05, 4.69) is 25.9 Å². The summed E-state index contributed by atoms with van der Waals surface area (Å²) in [5.41, 5.74) is 2.41. The zero-order valence-electron chi connectivity index (χ0n) is 23.0. The SMILES string of the molecule is O=C1N[C@@H](Cc2ccccc2)C(=O)NCCCN(C(=O)c2cc[nH]c2)Cc2cn(nn2)CCCOc2ccc1cc2Cl. The van der Waals surface area contributed by atoms with Gasteiger partial charge in [-0.3, -0.25) is 19.1 Å². The summed E-state index contributed by atoms with van der Waals surface area (Å²) >= 11 is 6.43. The first-order chi connectivity index (χ1) is 20.5. The first-order valence-corrected chi connectivity index (χ1v) is 14.2. The van der Waals surface area contributed by atoms with E-state index in [4.69, 9.17) is 16.3 Å². The number of nitrogens with zero attached hydrogens (tertiary/aromatic N) is 4. The molecule has 6 rings (SSSR count). The van der Waals surface area contributed by atoms with Crippen LogP contribution in [0.15, 0.2) is 73.2 Å². The minimum absolute atomic E-state index is 0.153. The second kappa shape index (κ2) is 13.8. The van der Waals surface area contributed by atoms with Gasteiger partial charge in [0.1, 0.15) is 17.5 Å². The molecule has 2 aliphatic rings. The van der Waals surface area contributed by atoms with Crippen LogP contribution >= 0.6 is 11.6 Å². The van der Waals surface area contributed by atoms with Gasteiger partial charge in [-0.25, -0.2) is 0 Å². The first kappa shape index (κ1) is 28.9. The molecule has 4 heterocycles. The van der Waals surface area contributed by atoms with Gasteiger partial charge in [0.15, 0.2) is 0 Å². The first-order valence-electron chi connectivity index (χ1n) is 13.8. The van der Waals surface area contributed by atoms with Crippen LogP contribution in [0.5, 0.6) is 5.75 Å². The third-order valence-electron chi connectivity index (χ3n) is 6.86. The number of amides is 3. The molecule has 0 saturated heterocycles. The Hall–Kier alpha value is -4.64. The van der Waals surface area contributed by atoms with Crippen molar-refractivity contribution < 1.29 is 19.1 Å². The average Bonchev–Trinajstić information content (AvgIpc) is 3.69. The Morgan fingerprint density at radius 2 is 1.93 bits per heavy atom. The third kappa shape index (κ3) is 7.55. The molecule has 4 bridgehead atoms. The Balaban J connectivity index is 1.36. The fourth-order valence-corrected chi connectivity index (χ4v) is 4.92. The number of nitrogens with one attached hydrogen (secondary N) is 3. The van der Waals surface area contributed by atoms with Crippen molar-refractivity contribution in [2.24, 2.45) is 0 Å². The van der Waals surface area contributed by atoms with Crippen molar-refractivity contribution in [3.05, 3.63) is 101 Å². The summed E-state index contributed by atoms with van der Waals surface area (Å²) in [6.45, 7) is 1.89. The van der Waals surface area contributed by atoms with Crippen LogP contribution in [-0.4, -0.2) is 68.3 Å². The number of carbonyl (C=O) groups is 3. The van der Waals surface area contributed by atoms with Crippen LogP contribution < -0.4 is 15.4 Å². The lowest BCUT2D eigenvalue weighted by Gasteiger charge is -2.22. The lowest BCUT2D eigenvalue weighted by atomic mass is 10.0. The van der Waals surface area contributed by atoms with Gasteiger partial charge in [0.05, 0.1) is 29.9 Å². The van der Waals surface area contributed by atoms with Gasteiger partial charge in [0, 0.05) is 50.4 Å². The number of hydrogen-bond acceptors (Lipinski definition) is 6. The van der Waals surface area contributed by atoms with Crippen LogP contribution in [0.25, 0.3) is 0 Å². The fraction of sp³-hybridized carbons (Fsp3) is 0.300. The Bertz CT molecular complexity index is 1510. The van der Waals surface area contributed by atoms with E-state index >= 15 is 0 Å². The largest absolute Gasteiger partial charge is 0.492 e. The van der Waals surface area contributed by atoms with E-state index in [1.807, 2.05) is 36.5 Å². The molecule has 1 atom stereocenters. The van der Waals surface area contributed by atoms with Gasteiger partial charge in [-0.15, -0.1) is 5.10 Å². The number of fused-ring (bicyclic) bond motifs is 14. The highest BCUT2D eigenvalue weighted by Gasteiger charge is 2.23. The van der Waals surface area contributed by atoms with Crippen LogP contribution in [0, 0.1) is 0 Å². The van der Waals surface area contributed by atoms with Crippen molar-refractivity contribution >= 4 is 29.3 Å². The Morgan fingerprint density at radius 1 is 1.07 bits per heavy atom. The molecule has 0 saturated carbocycles. The summed E-state index contributed by atoms with van der Waals surface area (Å²) in [6.07, 6.45) is 6.61. The molecule has 3 N–H and O–H groups in total. The maximum atomic E-state index is 13.3. The summed E-state index contributed by atoms with van der Waals surface area (Å²) in [6, 6.07) is 15.2. The Morgan fingerprint density at radius 3 is 2.71 bits per heavy atom. The third-order valence-corrected chi connectivity index (χ3v) is 7.16. The van der Waals surface area contributed by atoms with E-state index in [1.165, 1.54) is 6.07 Å². The highest BCUT2D eigenvalue weighted by molar-refractivity contribution is 6.32.